The number of ether oxygens (including phenoxy) is 1. The predicted octanol–water partition coefficient (Wildman–Crippen LogP) is 3.07. The summed E-state index contributed by atoms with van der Waals surface area (Å²) in [6, 6.07) is 11.6. The van der Waals surface area contributed by atoms with E-state index in [0.717, 1.165) is 50.4 Å². The summed E-state index contributed by atoms with van der Waals surface area (Å²) in [5.74, 6) is -0.00577. The molecule has 1 atom stereocenters. The summed E-state index contributed by atoms with van der Waals surface area (Å²) in [5, 5.41) is 10.2. The zero-order valence-corrected chi connectivity index (χ0v) is 18.0. The monoisotopic (exact) mass is 434 g/mol. The van der Waals surface area contributed by atoms with Crippen LogP contribution < -0.4 is 5.43 Å². The number of rotatable bonds is 5. The van der Waals surface area contributed by atoms with Gasteiger partial charge in [0, 0.05) is 26.2 Å². The Labute approximate surface area is 185 Å². The number of benzene rings is 2. The molecule has 32 heavy (non-hydrogen) atoms. The summed E-state index contributed by atoms with van der Waals surface area (Å²) < 4.78 is 11.4. The molecule has 2 aliphatic heterocycles. The molecule has 7 heteroatoms. The normalized spacial score (nSPS) is 19.0. The lowest BCUT2D eigenvalue weighted by Gasteiger charge is -2.29. The number of phenols is 1. The van der Waals surface area contributed by atoms with Gasteiger partial charge in [-0.3, -0.25) is 14.5 Å². The molecular formula is C25H26N2O5. The molecule has 1 aromatic heterocycles. The number of hydrogen-bond acceptors (Lipinski definition) is 6. The zero-order valence-electron chi connectivity index (χ0n) is 18.0. The Kier molecular flexibility index (Phi) is 5.45. The molecule has 2 aliphatic rings. The lowest BCUT2D eigenvalue weighted by molar-refractivity contribution is 0.0353. The van der Waals surface area contributed by atoms with E-state index in [1.165, 1.54) is 0 Å². The van der Waals surface area contributed by atoms with E-state index in [-0.39, 0.29) is 22.8 Å². The van der Waals surface area contributed by atoms with Gasteiger partial charge in [0.15, 0.2) is 5.43 Å². The zero-order chi connectivity index (χ0) is 22.2. The Hall–Kier alpha value is -3.16. The Balaban J connectivity index is 1.53. The largest absolute Gasteiger partial charge is 0.508 e. The maximum Gasteiger partial charge on any atom is 0.290 e. The topological polar surface area (TPSA) is 83.2 Å². The van der Waals surface area contributed by atoms with Gasteiger partial charge < -0.3 is 19.2 Å². The van der Waals surface area contributed by atoms with Crippen LogP contribution in [0.3, 0.4) is 0 Å². The highest BCUT2D eigenvalue weighted by Crippen LogP contribution is 2.38. The maximum absolute atomic E-state index is 13.5. The molecule has 0 saturated carbocycles. The van der Waals surface area contributed by atoms with E-state index in [9.17, 15) is 14.7 Å². The van der Waals surface area contributed by atoms with Crippen molar-refractivity contribution < 1.29 is 19.1 Å². The number of phenolic OH excluding ortho intramolecular Hbond substituents is 1. The predicted molar refractivity (Wildman–Crippen MR) is 120 cm³/mol. The number of aromatic hydroxyl groups is 1. The van der Waals surface area contributed by atoms with Crippen LogP contribution in [-0.4, -0.2) is 60.2 Å². The van der Waals surface area contributed by atoms with Crippen LogP contribution in [0.5, 0.6) is 5.75 Å². The minimum Gasteiger partial charge on any atom is -0.508 e. The van der Waals surface area contributed by atoms with Crippen LogP contribution in [-0.2, 0) is 4.74 Å². The van der Waals surface area contributed by atoms with Crippen LogP contribution in [0.2, 0.25) is 0 Å². The van der Waals surface area contributed by atoms with E-state index in [0.29, 0.717) is 23.1 Å². The molecule has 0 spiro atoms. The summed E-state index contributed by atoms with van der Waals surface area (Å²) in [4.78, 5) is 31.0. The third-order valence-electron chi connectivity index (χ3n) is 6.31. The number of carbonyl (C=O) groups is 1. The van der Waals surface area contributed by atoms with Gasteiger partial charge in [-0.05, 0) is 43.2 Å². The summed E-state index contributed by atoms with van der Waals surface area (Å²) >= 11 is 0. The lowest BCUT2D eigenvalue weighted by atomic mass is 9.98. The van der Waals surface area contributed by atoms with Gasteiger partial charge in [0.1, 0.15) is 11.3 Å². The van der Waals surface area contributed by atoms with Gasteiger partial charge in [-0.15, -0.1) is 0 Å². The van der Waals surface area contributed by atoms with Crippen LogP contribution in [0.4, 0.5) is 0 Å². The van der Waals surface area contributed by atoms with Crippen molar-refractivity contribution in [2.75, 3.05) is 39.4 Å². The van der Waals surface area contributed by atoms with Gasteiger partial charge in [0.25, 0.3) is 5.91 Å². The van der Waals surface area contributed by atoms with Crippen molar-refractivity contribution in [2.45, 2.75) is 19.4 Å². The molecule has 2 aromatic carbocycles. The smallest absolute Gasteiger partial charge is 0.290 e. The molecule has 5 rings (SSSR count). The Morgan fingerprint density at radius 3 is 2.53 bits per heavy atom. The second-order valence-electron chi connectivity index (χ2n) is 8.47. The SMILES string of the molecule is Cc1ccc2oc3c(c(=O)c2c1)[C@@H](c1ccc(O)cc1)N(CCCN1CCOCC1)C3=O. The first-order valence-corrected chi connectivity index (χ1v) is 11.0. The van der Waals surface area contributed by atoms with Crippen molar-refractivity contribution in [1.29, 1.82) is 0 Å². The summed E-state index contributed by atoms with van der Waals surface area (Å²) in [6.45, 7) is 6.52. The fraction of sp³-hybridized carbons (Fsp3) is 0.360. The van der Waals surface area contributed by atoms with E-state index in [4.69, 9.17) is 9.15 Å². The van der Waals surface area contributed by atoms with Crippen molar-refractivity contribution in [1.82, 2.24) is 9.80 Å². The van der Waals surface area contributed by atoms with Crippen molar-refractivity contribution in [3.05, 3.63) is 75.1 Å². The first-order valence-electron chi connectivity index (χ1n) is 11.0. The first kappa shape index (κ1) is 20.7. The second-order valence-corrected chi connectivity index (χ2v) is 8.47. The molecule has 0 unspecified atom stereocenters. The van der Waals surface area contributed by atoms with Crippen molar-refractivity contribution >= 4 is 16.9 Å². The quantitative estimate of drug-likeness (QED) is 0.665. The first-order chi connectivity index (χ1) is 15.5. The van der Waals surface area contributed by atoms with Crippen molar-refractivity contribution in [2.24, 2.45) is 0 Å². The van der Waals surface area contributed by atoms with Crippen LogP contribution in [0.15, 0.2) is 51.7 Å². The Morgan fingerprint density at radius 2 is 1.78 bits per heavy atom. The second kappa shape index (κ2) is 8.41. The molecular weight excluding hydrogens is 408 g/mol. The average Bonchev–Trinajstić information content (AvgIpc) is 3.08. The molecule has 1 fully saturated rings. The molecule has 0 radical (unpaired) electrons. The van der Waals surface area contributed by atoms with Gasteiger partial charge in [-0.2, -0.15) is 0 Å². The number of aryl methyl sites for hydroxylation is 1. The van der Waals surface area contributed by atoms with Gasteiger partial charge in [-0.1, -0.05) is 23.8 Å². The number of hydrogen-bond donors (Lipinski definition) is 1. The van der Waals surface area contributed by atoms with E-state index in [1.807, 2.05) is 13.0 Å². The molecule has 1 amide bonds. The van der Waals surface area contributed by atoms with Crippen molar-refractivity contribution in [3.8, 4) is 5.75 Å². The average molecular weight is 434 g/mol. The molecule has 0 aliphatic carbocycles. The Bertz CT molecular complexity index is 1210. The molecule has 1 N–H and O–H groups in total. The summed E-state index contributed by atoms with van der Waals surface area (Å²) in [6.07, 6.45) is 0.779. The van der Waals surface area contributed by atoms with Gasteiger partial charge in [0.05, 0.1) is 30.2 Å². The highest BCUT2D eigenvalue weighted by molar-refractivity contribution is 5.99. The fourth-order valence-electron chi connectivity index (χ4n) is 4.66. The molecule has 3 aromatic rings. The minimum atomic E-state index is -0.538. The van der Waals surface area contributed by atoms with Crippen LogP contribution >= 0.6 is 0 Å². The standard InChI is InChI=1S/C25H26N2O5/c1-16-3-8-20-19(15-16)23(29)21-22(17-4-6-18(28)7-5-17)27(25(30)24(21)32-20)10-2-9-26-11-13-31-14-12-26/h3-8,15,22,28H,2,9-14H2,1H3/t22-/m1/s1. The van der Waals surface area contributed by atoms with Crippen LogP contribution in [0, 0.1) is 6.92 Å². The van der Waals surface area contributed by atoms with Crippen molar-refractivity contribution in [3.63, 3.8) is 0 Å². The molecule has 3 heterocycles. The van der Waals surface area contributed by atoms with Gasteiger partial charge in [0.2, 0.25) is 5.76 Å². The molecule has 0 bridgehead atoms. The molecule has 1 saturated heterocycles. The highest BCUT2D eigenvalue weighted by Gasteiger charge is 2.42. The van der Waals surface area contributed by atoms with E-state index in [2.05, 4.69) is 4.90 Å². The van der Waals surface area contributed by atoms with Crippen LogP contribution in [0.1, 0.15) is 39.7 Å². The van der Waals surface area contributed by atoms with E-state index < -0.39 is 6.04 Å². The summed E-state index contributed by atoms with van der Waals surface area (Å²) in [7, 11) is 0. The number of nitrogens with zero attached hydrogens (tertiary/aromatic N) is 2. The fourth-order valence-corrected chi connectivity index (χ4v) is 4.66. The van der Waals surface area contributed by atoms with Gasteiger partial charge in [-0.25, -0.2) is 0 Å². The molecule has 166 valence electrons. The lowest BCUT2D eigenvalue weighted by Crippen LogP contribution is -2.38. The summed E-state index contributed by atoms with van der Waals surface area (Å²) in [5.41, 5.74) is 2.36. The number of fused-ring (bicyclic) bond motifs is 2. The third kappa shape index (κ3) is 3.67. The van der Waals surface area contributed by atoms with E-state index in [1.54, 1.807) is 41.3 Å². The Morgan fingerprint density at radius 1 is 1.03 bits per heavy atom. The number of carbonyl (C=O) groups excluding carboxylic acids is 1. The number of amides is 1. The highest BCUT2D eigenvalue weighted by atomic mass is 16.5. The molecule has 7 nitrogen and oxygen atoms in total. The maximum atomic E-state index is 13.5. The minimum absolute atomic E-state index is 0.121. The van der Waals surface area contributed by atoms with E-state index >= 15 is 0 Å². The number of morpholine rings is 1. The van der Waals surface area contributed by atoms with Crippen LogP contribution in [0.25, 0.3) is 11.0 Å². The van der Waals surface area contributed by atoms with Gasteiger partial charge >= 0.3 is 0 Å². The third-order valence-corrected chi connectivity index (χ3v) is 6.31.